The summed E-state index contributed by atoms with van der Waals surface area (Å²) in [5.74, 6) is 0.307. The summed E-state index contributed by atoms with van der Waals surface area (Å²) in [5.41, 5.74) is 2.79. The van der Waals surface area contributed by atoms with Gasteiger partial charge >= 0.3 is 0 Å². The van der Waals surface area contributed by atoms with Crippen molar-refractivity contribution in [3.05, 3.63) is 35.8 Å². The van der Waals surface area contributed by atoms with E-state index in [0.29, 0.717) is 12.3 Å². The van der Waals surface area contributed by atoms with Gasteiger partial charge in [-0.25, -0.2) is 4.98 Å². The molecule has 1 atom stereocenters. The Morgan fingerprint density at radius 1 is 1.48 bits per heavy atom. The van der Waals surface area contributed by atoms with Crippen molar-refractivity contribution >= 4 is 29.2 Å². The first-order valence-corrected chi connectivity index (χ1v) is 8.50. The molecular formula is C16H20N4O2S. The SMILES string of the molecule is Cc1ccc2nc(CNC(=O)C3CSC(C)(C)C(=O)N3)cn2c1. The molecule has 2 aromatic rings. The number of hydrogen-bond donors (Lipinski definition) is 2. The van der Waals surface area contributed by atoms with Crippen LogP contribution in [-0.2, 0) is 16.1 Å². The predicted molar refractivity (Wildman–Crippen MR) is 90.2 cm³/mol. The third-order valence-electron chi connectivity index (χ3n) is 3.87. The molecule has 0 spiro atoms. The van der Waals surface area contributed by atoms with E-state index < -0.39 is 10.8 Å². The first-order valence-electron chi connectivity index (χ1n) is 7.52. The zero-order chi connectivity index (χ0) is 16.6. The lowest BCUT2D eigenvalue weighted by atomic mass is 10.1. The Hall–Kier alpha value is -2.02. The van der Waals surface area contributed by atoms with Crippen molar-refractivity contribution in [2.45, 2.75) is 38.1 Å². The number of nitrogens with zero attached hydrogens (tertiary/aromatic N) is 2. The highest BCUT2D eigenvalue weighted by Gasteiger charge is 2.37. The number of carbonyl (C=O) groups is 2. The van der Waals surface area contributed by atoms with Crippen LogP contribution in [-0.4, -0.2) is 37.7 Å². The molecule has 0 saturated carbocycles. The van der Waals surface area contributed by atoms with E-state index in [2.05, 4.69) is 15.6 Å². The van der Waals surface area contributed by atoms with Crippen LogP contribution in [0.2, 0.25) is 0 Å². The van der Waals surface area contributed by atoms with Crippen molar-refractivity contribution in [3.8, 4) is 0 Å². The highest BCUT2D eigenvalue weighted by Crippen LogP contribution is 2.28. The molecule has 1 fully saturated rings. The van der Waals surface area contributed by atoms with Crippen molar-refractivity contribution in [2.75, 3.05) is 5.75 Å². The van der Waals surface area contributed by atoms with Crippen LogP contribution < -0.4 is 10.6 Å². The van der Waals surface area contributed by atoms with Crippen molar-refractivity contribution in [3.63, 3.8) is 0 Å². The van der Waals surface area contributed by atoms with Crippen LogP contribution in [0.4, 0.5) is 0 Å². The molecule has 2 amide bonds. The molecular weight excluding hydrogens is 312 g/mol. The highest BCUT2D eigenvalue weighted by atomic mass is 32.2. The molecule has 0 aliphatic carbocycles. The van der Waals surface area contributed by atoms with Gasteiger partial charge < -0.3 is 15.0 Å². The van der Waals surface area contributed by atoms with Crippen LogP contribution in [0.3, 0.4) is 0 Å². The van der Waals surface area contributed by atoms with Crippen LogP contribution in [0, 0.1) is 6.92 Å². The monoisotopic (exact) mass is 332 g/mol. The number of rotatable bonds is 3. The molecule has 0 radical (unpaired) electrons. The Morgan fingerprint density at radius 2 is 2.26 bits per heavy atom. The summed E-state index contributed by atoms with van der Waals surface area (Å²) in [7, 11) is 0. The lowest BCUT2D eigenvalue weighted by Crippen LogP contribution is -2.57. The summed E-state index contributed by atoms with van der Waals surface area (Å²) >= 11 is 1.50. The molecule has 0 bridgehead atoms. The molecule has 1 unspecified atom stereocenters. The van der Waals surface area contributed by atoms with E-state index in [-0.39, 0.29) is 11.8 Å². The number of aromatic nitrogens is 2. The molecule has 2 N–H and O–H groups in total. The van der Waals surface area contributed by atoms with Crippen LogP contribution in [0.5, 0.6) is 0 Å². The second kappa shape index (κ2) is 5.88. The Morgan fingerprint density at radius 3 is 3.00 bits per heavy atom. The predicted octanol–water partition coefficient (Wildman–Crippen LogP) is 1.27. The van der Waals surface area contributed by atoms with Gasteiger partial charge in [-0.1, -0.05) is 6.07 Å². The van der Waals surface area contributed by atoms with Crippen LogP contribution in [0.15, 0.2) is 24.5 Å². The number of fused-ring (bicyclic) bond motifs is 1. The fourth-order valence-corrected chi connectivity index (χ4v) is 3.42. The molecule has 2 aromatic heterocycles. The summed E-state index contributed by atoms with van der Waals surface area (Å²) in [6, 6.07) is 3.46. The minimum atomic E-state index is -0.486. The van der Waals surface area contributed by atoms with Crippen LogP contribution in [0.1, 0.15) is 25.1 Å². The molecule has 1 aliphatic heterocycles. The van der Waals surface area contributed by atoms with E-state index in [9.17, 15) is 9.59 Å². The normalized spacial score (nSPS) is 20.3. The smallest absolute Gasteiger partial charge is 0.243 e. The summed E-state index contributed by atoms with van der Waals surface area (Å²) < 4.78 is 1.47. The number of carbonyl (C=O) groups excluding carboxylic acids is 2. The van der Waals surface area contributed by atoms with E-state index in [1.165, 1.54) is 11.8 Å². The summed E-state index contributed by atoms with van der Waals surface area (Å²) in [6.45, 7) is 6.09. The number of hydrogen-bond acceptors (Lipinski definition) is 4. The van der Waals surface area contributed by atoms with Crippen molar-refractivity contribution < 1.29 is 9.59 Å². The number of amides is 2. The fraction of sp³-hybridized carbons (Fsp3) is 0.438. The zero-order valence-corrected chi connectivity index (χ0v) is 14.2. The average molecular weight is 332 g/mol. The summed E-state index contributed by atoms with van der Waals surface area (Å²) in [4.78, 5) is 28.6. The Balaban J connectivity index is 1.61. The number of pyridine rings is 1. The summed E-state index contributed by atoms with van der Waals surface area (Å²) in [6.07, 6.45) is 3.90. The molecule has 122 valence electrons. The largest absolute Gasteiger partial charge is 0.349 e. The van der Waals surface area contributed by atoms with Gasteiger partial charge in [0.2, 0.25) is 11.8 Å². The van der Waals surface area contributed by atoms with E-state index in [4.69, 9.17) is 0 Å². The van der Waals surface area contributed by atoms with Gasteiger partial charge in [0.05, 0.1) is 17.0 Å². The highest BCUT2D eigenvalue weighted by molar-refractivity contribution is 8.01. The lowest BCUT2D eigenvalue weighted by Gasteiger charge is -2.32. The molecule has 7 heteroatoms. The molecule has 0 aromatic carbocycles. The minimum Gasteiger partial charge on any atom is -0.349 e. The van der Waals surface area contributed by atoms with E-state index in [1.54, 1.807) is 0 Å². The van der Waals surface area contributed by atoms with Gasteiger partial charge in [-0.15, -0.1) is 11.8 Å². The molecule has 1 aliphatic rings. The zero-order valence-electron chi connectivity index (χ0n) is 13.4. The van der Waals surface area contributed by atoms with Crippen molar-refractivity contribution in [2.24, 2.45) is 0 Å². The Labute approximate surface area is 139 Å². The van der Waals surface area contributed by atoms with Gasteiger partial charge in [0.25, 0.3) is 0 Å². The van der Waals surface area contributed by atoms with Crippen LogP contribution >= 0.6 is 11.8 Å². The second-order valence-electron chi connectivity index (χ2n) is 6.27. The summed E-state index contributed by atoms with van der Waals surface area (Å²) in [5, 5.41) is 5.63. The standard InChI is InChI=1S/C16H20N4O2S/c1-10-4-5-13-18-11(8-20(13)7-10)6-17-14(21)12-9-23-16(2,3)15(22)19-12/h4-5,7-8,12H,6,9H2,1-3H3,(H,17,21)(H,19,22). The quantitative estimate of drug-likeness (QED) is 0.887. The molecule has 3 rings (SSSR count). The van der Waals surface area contributed by atoms with E-state index in [1.807, 2.05) is 49.7 Å². The van der Waals surface area contributed by atoms with Gasteiger partial charge in [-0.05, 0) is 32.4 Å². The second-order valence-corrected chi connectivity index (χ2v) is 7.91. The molecule has 3 heterocycles. The maximum atomic E-state index is 12.2. The minimum absolute atomic E-state index is 0.0999. The Kier molecular flexibility index (Phi) is 4.06. The molecule has 6 nitrogen and oxygen atoms in total. The van der Waals surface area contributed by atoms with Gasteiger partial charge in [0.15, 0.2) is 0 Å². The number of nitrogens with one attached hydrogen (secondary N) is 2. The third kappa shape index (κ3) is 3.34. The molecule has 23 heavy (non-hydrogen) atoms. The van der Waals surface area contributed by atoms with Gasteiger partial charge in [0, 0.05) is 18.1 Å². The van der Waals surface area contributed by atoms with Gasteiger partial charge in [-0.3, -0.25) is 9.59 Å². The van der Waals surface area contributed by atoms with Crippen molar-refractivity contribution in [1.82, 2.24) is 20.0 Å². The van der Waals surface area contributed by atoms with Crippen LogP contribution in [0.25, 0.3) is 5.65 Å². The average Bonchev–Trinajstić information content (AvgIpc) is 2.89. The topological polar surface area (TPSA) is 75.5 Å². The number of imidazole rings is 1. The molecule has 1 saturated heterocycles. The fourth-order valence-electron chi connectivity index (χ4n) is 2.41. The number of thioether (sulfide) groups is 1. The van der Waals surface area contributed by atoms with Gasteiger partial charge in [-0.2, -0.15) is 0 Å². The lowest BCUT2D eigenvalue weighted by molar-refractivity contribution is -0.129. The maximum Gasteiger partial charge on any atom is 0.243 e. The van der Waals surface area contributed by atoms with E-state index >= 15 is 0 Å². The Bertz CT molecular complexity index is 769. The third-order valence-corrected chi connectivity index (χ3v) is 5.28. The number of aryl methyl sites for hydroxylation is 1. The first kappa shape index (κ1) is 15.9. The van der Waals surface area contributed by atoms with E-state index in [0.717, 1.165) is 16.9 Å². The maximum absolute atomic E-state index is 12.2. The first-order chi connectivity index (χ1) is 10.8. The van der Waals surface area contributed by atoms with Crippen molar-refractivity contribution in [1.29, 1.82) is 0 Å². The van der Waals surface area contributed by atoms with Gasteiger partial charge in [0.1, 0.15) is 11.7 Å².